The first-order valence-corrected chi connectivity index (χ1v) is 7.76. The molecule has 1 aromatic heterocycles. The first-order valence-electron chi connectivity index (χ1n) is 7.76. The first-order chi connectivity index (χ1) is 11.6. The monoisotopic (exact) mass is 321 g/mol. The highest BCUT2D eigenvalue weighted by Gasteiger charge is 2.26. The lowest BCUT2D eigenvalue weighted by Crippen LogP contribution is -2.38. The van der Waals surface area contributed by atoms with Crippen LogP contribution in [0.4, 0.5) is 0 Å². The second kappa shape index (κ2) is 6.72. The highest BCUT2D eigenvalue weighted by molar-refractivity contribution is 5.94. The van der Waals surface area contributed by atoms with E-state index in [-0.39, 0.29) is 12.5 Å². The molecular formula is C20H19NO3. The van der Waals surface area contributed by atoms with Gasteiger partial charge in [-0.25, -0.2) is 0 Å². The summed E-state index contributed by atoms with van der Waals surface area (Å²) in [6, 6.07) is 20.7. The van der Waals surface area contributed by atoms with Crippen molar-refractivity contribution in [2.24, 2.45) is 0 Å². The zero-order chi connectivity index (χ0) is 17.0. The Labute approximate surface area is 140 Å². The van der Waals surface area contributed by atoms with E-state index >= 15 is 0 Å². The third kappa shape index (κ3) is 3.55. The van der Waals surface area contributed by atoms with Crippen LogP contribution < -0.4 is 5.32 Å². The Morgan fingerprint density at radius 3 is 2.29 bits per heavy atom. The van der Waals surface area contributed by atoms with Crippen molar-refractivity contribution in [3.63, 3.8) is 0 Å². The average molecular weight is 321 g/mol. The maximum Gasteiger partial charge on any atom is 0.251 e. The van der Waals surface area contributed by atoms with E-state index in [2.05, 4.69) is 5.32 Å². The van der Waals surface area contributed by atoms with Crippen molar-refractivity contribution in [1.29, 1.82) is 0 Å². The number of nitrogens with one attached hydrogen (secondary N) is 1. The molecule has 0 spiro atoms. The Hall–Kier alpha value is -2.85. The van der Waals surface area contributed by atoms with E-state index in [0.717, 1.165) is 11.1 Å². The van der Waals surface area contributed by atoms with Gasteiger partial charge in [-0.1, -0.05) is 42.5 Å². The Bertz CT molecular complexity index is 791. The van der Waals surface area contributed by atoms with Crippen molar-refractivity contribution in [3.05, 3.63) is 84.3 Å². The molecule has 0 fully saturated rings. The predicted molar refractivity (Wildman–Crippen MR) is 92.5 cm³/mol. The number of hydrogen-bond donors (Lipinski definition) is 2. The van der Waals surface area contributed by atoms with Gasteiger partial charge in [-0.15, -0.1) is 0 Å². The Balaban J connectivity index is 1.65. The summed E-state index contributed by atoms with van der Waals surface area (Å²) < 4.78 is 5.20. The lowest BCUT2D eigenvalue weighted by molar-refractivity contribution is 0.0330. The normalized spacial score (nSPS) is 13.2. The van der Waals surface area contributed by atoms with Crippen molar-refractivity contribution in [2.75, 3.05) is 6.54 Å². The minimum Gasteiger partial charge on any atom is -0.466 e. The van der Waals surface area contributed by atoms with Crippen LogP contribution in [0.2, 0.25) is 0 Å². The van der Waals surface area contributed by atoms with E-state index in [1.165, 1.54) is 6.26 Å². The van der Waals surface area contributed by atoms with Crippen LogP contribution in [-0.4, -0.2) is 17.6 Å². The fourth-order valence-corrected chi connectivity index (χ4v) is 2.47. The van der Waals surface area contributed by atoms with E-state index in [4.69, 9.17) is 4.42 Å². The van der Waals surface area contributed by atoms with Gasteiger partial charge < -0.3 is 14.8 Å². The molecule has 4 nitrogen and oxygen atoms in total. The van der Waals surface area contributed by atoms with Gasteiger partial charge in [0, 0.05) is 5.56 Å². The maximum absolute atomic E-state index is 12.3. The molecule has 0 aliphatic heterocycles. The van der Waals surface area contributed by atoms with Crippen LogP contribution in [0, 0.1) is 0 Å². The van der Waals surface area contributed by atoms with Crippen LogP contribution in [0.5, 0.6) is 0 Å². The van der Waals surface area contributed by atoms with Crippen molar-refractivity contribution < 1.29 is 14.3 Å². The topological polar surface area (TPSA) is 62.5 Å². The van der Waals surface area contributed by atoms with Gasteiger partial charge in [0.15, 0.2) is 0 Å². The van der Waals surface area contributed by atoms with Gasteiger partial charge in [0.1, 0.15) is 11.4 Å². The van der Waals surface area contributed by atoms with Crippen LogP contribution >= 0.6 is 0 Å². The molecular weight excluding hydrogens is 302 g/mol. The van der Waals surface area contributed by atoms with Crippen LogP contribution in [-0.2, 0) is 5.60 Å². The van der Waals surface area contributed by atoms with Crippen LogP contribution in [0.15, 0.2) is 77.4 Å². The number of hydrogen-bond acceptors (Lipinski definition) is 3. The molecule has 4 heteroatoms. The average Bonchev–Trinajstić information content (AvgIpc) is 3.16. The molecule has 0 aliphatic carbocycles. The Morgan fingerprint density at radius 2 is 1.67 bits per heavy atom. The van der Waals surface area contributed by atoms with Gasteiger partial charge in [0.25, 0.3) is 5.91 Å². The summed E-state index contributed by atoms with van der Waals surface area (Å²) >= 11 is 0. The minimum absolute atomic E-state index is 0.0692. The number of benzene rings is 2. The number of carbonyl (C=O) groups excluding carboxylic acids is 1. The fraction of sp³-hybridized carbons (Fsp3) is 0.150. The van der Waals surface area contributed by atoms with Crippen LogP contribution in [0.3, 0.4) is 0 Å². The highest BCUT2D eigenvalue weighted by atomic mass is 16.4. The zero-order valence-corrected chi connectivity index (χ0v) is 13.4. The molecule has 3 aromatic rings. The maximum atomic E-state index is 12.3. The summed E-state index contributed by atoms with van der Waals surface area (Å²) in [7, 11) is 0. The van der Waals surface area contributed by atoms with E-state index in [1.807, 2.05) is 42.5 Å². The molecule has 3 rings (SSSR count). The lowest BCUT2D eigenvalue weighted by Gasteiger charge is -2.21. The van der Waals surface area contributed by atoms with Gasteiger partial charge in [-0.05, 0) is 42.3 Å². The molecule has 0 radical (unpaired) electrons. The summed E-state index contributed by atoms with van der Waals surface area (Å²) in [6.45, 7) is 1.67. The summed E-state index contributed by atoms with van der Waals surface area (Å²) in [5.41, 5.74) is 1.45. The second-order valence-corrected chi connectivity index (χ2v) is 5.88. The summed E-state index contributed by atoms with van der Waals surface area (Å²) in [5.74, 6) is 0.184. The van der Waals surface area contributed by atoms with Gasteiger partial charge in [0.05, 0.1) is 12.8 Å². The number of amides is 1. The molecule has 2 N–H and O–H groups in total. The molecule has 0 unspecified atom stereocenters. The molecule has 0 aliphatic rings. The molecule has 24 heavy (non-hydrogen) atoms. The molecule has 1 atom stereocenters. The molecule has 2 aromatic carbocycles. The van der Waals surface area contributed by atoms with Crippen molar-refractivity contribution in [3.8, 4) is 11.1 Å². The van der Waals surface area contributed by atoms with Gasteiger partial charge >= 0.3 is 0 Å². The summed E-state index contributed by atoms with van der Waals surface area (Å²) in [4.78, 5) is 12.3. The van der Waals surface area contributed by atoms with Crippen LogP contribution in [0.1, 0.15) is 23.0 Å². The van der Waals surface area contributed by atoms with Crippen LogP contribution in [0.25, 0.3) is 11.1 Å². The minimum atomic E-state index is -1.25. The molecule has 0 saturated carbocycles. The third-order valence-corrected chi connectivity index (χ3v) is 3.90. The van der Waals surface area contributed by atoms with E-state index in [1.54, 1.807) is 31.2 Å². The van der Waals surface area contributed by atoms with Gasteiger partial charge in [-0.3, -0.25) is 4.79 Å². The predicted octanol–water partition coefficient (Wildman–Crippen LogP) is 3.58. The summed E-state index contributed by atoms with van der Waals surface area (Å²) in [5, 5.41) is 13.1. The second-order valence-electron chi connectivity index (χ2n) is 5.88. The highest BCUT2D eigenvalue weighted by Crippen LogP contribution is 2.21. The van der Waals surface area contributed by atoms with Crippen molar-refractivity contribution >= 4 is 5.91 Å². The SMILES string of the molecule is C[C@](O)(CNC(=O)c1ccc(-c2ccccc2)cc1)c1ccco1. The molecule has 122 valence electrons. The standard InChI is InChI=1S/C20H19NO3/c1-20(23,18-8-5-13-24-18)14-21-19(22)17-11-9-16(10-12-17)15-6-3-2-4-7-15/h2-13,23H,14H2,1H3,(H,21,22)/t20-/m0/s1. The van der Waals surface area contributed by atoms with E-state index in [9.17, 15) is 9.90 Å². The molecule has 1 heterocycles. The number of furan rings is 1. The van der Waals surface area contributed by atoms with Crippen molar-refractivity contribution in [1.82, 2.24) is 5.32 Å². The third-order valence-electron chi connectivity index (χ3n) is 3.90. The lowest BCUT2D eigenvalue weighted by atomic mass is 10.0. The van der Waals surface area contributed by atoms with Gasteiger partial charge in [-0.2, -0.15) is 0 Å². The summed E-state index contributed by atoms with van der Waals surface area (Å²) in [6.07, 6.45) is 1.49. The number of carbonyl (C=O) groups is 1. The van der Waals surface area contributed by atoms with Crippen molar-refractivity contribution in [2.45, 2.75) is 12.5 Å². The zero-order valence-electron chi connectivity index (χ0n) is 13.4. The molecule has 0 saturated heterocycles. The first kappa shape index (κ1) is 16.0. The Morgan fingerprint density at radius 1 is 1.00 bits per heavy atom. The van der Waals surface area contributed by atoms with E-state index in [0.29, 0.717) is 11.3 Å². The number of rotatable bonds is 5. The largest absolute Gasteiger partial charge is 0.466 e. The Kier molecular flexibility index (Phi) is 4.49. The molecule has 0 bridgehead atoms. The van der Waals surface area contributed by atoms with E-state index < -0.39 is 5.60 Å². The molecule has 1 amide bonds. The smallest absolute Gasteiger partial charge is 0.251 e. The quantitative estimate of drug-likeness (QED) is 0.755. The fourth-order valence-electron chi connectivity index (χ4n) is 2.47. The number of aliphatic hydroxyl groups is 1. The van der Waals surface area contributed by atoms with Gasteiger partial charge in [0.2, 0.25) is 0 Å².